The highest BCUT2D eigenvalue weighted by molar-refractivity contribution is 8.01. The summed E-state index contributed by atoms with van der Waals surface area (Å²) in [5.41, 5.74) is 4.21. The molecule has 1 atom stereocenters. The van der Waals surface area contributed by atoms with Gasteiger partial charge in [-0.2, -0.15) is 0 Å². The van der Waals surface area contributed by atoms with E-state index in [4.69, 9.17) is 4.74 Å². The first kappa shape index (κ1) is 14.3. The van der Waals surface area contributed by atoms with Gasteiger partial charge in [-0.05, 0) is 43.0 Å². The van der Waals surface area contributed by atoms with Gasteiger partial charge in [-0.3, -0.25) is 0 Å². The second-order valence-electron chi connectivity index (χ2n) is 5.46. The molecule has 2 heterocycles. The molecule has 0 saturated carbocycles. The molecule has 0 amide bonds. The number of anilines is 1. The van der Waals surface area contributed by atoms with Crippen LogP contribution in [0.1, 0.15) is 29.8 Å². The van der Waals surface area contributed by atoms with Crippen LogP contribution < -0.4 is 4.31 Å². The molecule has 1 unspecified atom stereocenters. The topological polar surface area (TPSA) is 34.5 Å². The van der Waals surface area contributed by atoms with E-state index in [-0.39, 0.29) is 5.97 Å². The van der Waals surface area contributed by atoms with Crippen LogP contribution in [0, 0.1) is 0 Å². The standard InChI is InChI=1S/C16H20N2O2S/c1-5-11-9-18-8-10(2)21-17(3)14-7-12(16(19)20-4)6-13(11)15(14)18/h6-7,9-10H,5,8H2,1-4H3. The molecule has 0 fully saturated rings. The van der Waals surface area contributed by atoms with Gasteiger partial charge in [0.25, 0.3) is 0 Å². The monoisotopic (exact) mass is 304 g/mol. The predicted molar refractivity (Wildman–Crippen MR) is 88.1 cm³/mol. The third kappa shape index (κ3) is 2.29. The van der Waals surface area contributed by atoms with Gasteiger partial charge in [-0.1, -0.05) is 6.92 Å². The summed E-state index contributed by atoms with van der Waals surface area (Å²) in [6.07, 6.45) is 3.18. The number of ether oxygens (including phenoxy) is 1. The molecule has 0 spiro atoms. The third-order valence-electron chi connectivity index (χ3n) is 3.97. The van der Waals surface area contributed by atoms with Gasteiger partial charge in [-0.25, -0.2) is 4.79 Å². The Labute approximate surface area is 129 Å². The van der Waals surface area contributed by atoms with Crippen molar-refractivity contribution in [2.75, 3.05) is 18.5 Å². The van der Waals surface area contributed by atoms with Crippen LogP contribution in [0.2, 0.25) is 0 Å². The van der Waals surface area contributed by atoms with Gasteiger partial charge >= 0.3 is 5.97 Å². The summed E-state index contributed by atoms with van der Waals surface area (Å²) in [7, 11) is 3.49. The summed E-state index contributed by atoms with van der Waals surface area (Å²) < 4.78 is 9.39. The summed E-state index contributed by atoms with van der Waals surface area (Å²) >= 11 is 1.80. The van der Waals surface area contributed by atoms with Gasteiger partial charge < -0.3 is 13.6 Å². The maximum Gasteiger partial charge on any atom is 0.337 e. The number of methoxy groups -OCH3 is 1. The number of hydrogen-bond acceptors (Lipinski definition) is 4. The van der Waals surface area contributed by atoms with Crippen LogP contribution in [0.4, 0.5) is 5.69 Å². The molecular weight excluding hydrogens is 284 g/mol. The lowest BCUT2D eigenvalue weighted by Gasteiger charge is -2.19. The number of rotatable bonds is 2. The number of nitrogens with zero attached hydrogens (tertiary/aromatic N) is 2. The quantitative estimate of drug-likeness (QED) is 0.628. The average Bonchev–Trinajstić information content (AvgIpc) is 2.76. The first-order chi connectivity index (χ1) is 10.0. The fourth-order valence-corrected chi connectivity index (χ4v) is 4.05. The minimum absolute atomic E-state index is 0.279. The average molecular weight is 304 g/mol. The second kappa shape index (κ2) is 5.30. The molecule has 0 radical (unpaired) electrons. The van der Waals surface area contributed by atoms with Crippen LogP contribution in [0.3, 0.4) is 0 Å². The molecule has 1 aliphatic heterocycles. The molecule has 3 rings (SSSR count). The highest BCUT2D eigenvalue weighted by Crippen LogP contribution is 2.39. The molecular formula is C16H20N2O2S. The van der Waals surface area contributed by atoms with Gasteiger partial charge in [0, 0.05) is 30.4 Å². The lowest BCUT2D eigenvalue weighted by molar-refractivity contribution is 0.0601. The van der Waals surface area contributed by atoms with Crippen LogP contribution >= 0.6 is 11.9 Å². The molecule has 0 N–H and O–H groups in total. The van der Waals surface area contributed by atoms with Crippen LogP contribution in [-0.4, -0.2) is 29.9 Å². The molecule has 21 heavy (non-hydrogen) atoms. The zero-order chi connectivity index (χ0) is 15.1. The van der Waals surface area contributed by atoms with Crippen molar-refractivity contribution in [1.82, 2.24) is 4.57 Å². The van der Waals surface area contributed by atoms with Crippen molar-refractivity contribution in [1.29, 1.82) is 0 Å². The Morgan fingerprint density at radius 3 is 2.90 bits per heavy atom. The van der Waals surface area contributed by atoms with Crippen molar-refractivity contribution < 1.29 is 9.53 Å². The van der Waals surface area contributed by atoms with E-state index in [1.54, 1.807) is 11.9 Å². The Kier molecular flexibility index (Phi) is 3.61. The van der Waals surface area contributed by atoms with Crippen LogP contribution in [0.15, 0.2) is 18.3 Å². The normalized spacial score (nSPS) is 17.9. The maximum atomic E-state index is 12.0. The van der Waals surface area contributed by atoms with E-state index in [2.05, 4.69) is 36.0 Å². The lowest BCUT2D eigenvalue weighted by atomic mass is 10.1. The van der Waals surface area contributed by atoms with Crippen molar-refractivity contribution in [3.63, 3.8) is 0 Å². The van der Waals surface area contributed by atoms with Gasteiger partial charge in [-0.15, -0.1) is 0 Å². The fourth-order valence-electron chi connectivity index (χ4n) is 3.03. The Bertz CT molecular complexity index is 708. The third-order valence-corrected chi connectivity index (χ3v) is 4.99. The number of carbonyl (C=O) groups is 1. The Morgan fingerprint density at radius 1 is 1.48 bits per heavy atom. The van der Waals surface area contributed by atoms with Crippen molar-refractivity contribution in [3.05, 3.63) is 29.5 Å². The van der Waals surface area contributed by atoms with E-state index >= 15 is 0 Å². The minimum Gasteiger partial charge on any atom is -0.465 e. The fraction of sp³-hybridized carbons (Fsp3) is 0.438. The molecule has 112 valence electrons. The number of carbonyl (C=O) groups excluding carboxylic acids is 1. The zero-order valence-electron chi connectivity index (χ0n) is 12.8. The van der Waals surface area contributed by atoms with E-state index in [0.717, 1.165) is 24.0 Å². The molecule has 0 aliphatic carbocycles. The number of aryl methyl sites for hydroxylation is 1. The smallest absolute Gasteiger partial charge is 0.337 e. The molecule has 1 aliphatic rings. The van der Waals surface area contributed by atoms with Gasteiger partial charge in [0.15, 0.2) is 0 Å². The molecule has 5 heteroatoms. The second-order valence-corrected chi connectivity index (χ2v) is 7.02. The molecule has 2 aromatic rings. The highest BCUT2D eigenvalue weighted by Gasteiger charge is 2.23. The Hall–Kier alpha value is -1.62. The Balaban J connectivity index is 2.32. The van der Waals surface area contributed by atoms with Crippen molar-refractivity contribution in [2.24, 2.45) is 0 Å². The summed E-state index contributed by atoms with van der Waals surface area (Å²) in [5.74, 6) is -0.279. The van der Waals surface area contributed by atoms with Crippen molar-refractivity contribution in [3.8, 4) is 0 Å². The molecule has 0 saturated heterocycles. The maximum absolute atomic E-state index is 12.0. The summed E-state index contributed by atoms with van der Waals surface area (Å²) in [6.45, 7) is 5.36. The van der Waals surface area contributed by atoms with E-state index in [1.807, 2.05) is 12.1 Å². The van der Waals surface area contributed by atoms with Gasteiger partial charge in [0.2, 0.25) is 0 Å². The van der Waals surface area contributed by atoms with E-state index in [1.165, 1.54) is 18.2 Å². The molecule has 4 nitrogen and oxygen atoms in total. The first-order valence-corrected chi connectivity index (χ1v) is 8.03. The first-order valence-electron chi connectivity index (χ1n) is 7.19. The summed E-state index contributed by atoms with van der Waals surface area (Å²) in [6, 6.07) is 3.91. The number of benzene rings is 1. The lowest BCUT2D eigenvalue weighted by Crippen LogP contribution is -2.13. The molecule has 0 bridgehead atoms. The number of esters is 1. The number of aromatic nitrogens is 1. The largest absolute Gasteiger partial charge is 0.465 e. The summed E-state index contributed by atoms with van der Waals surface area (Å²) in [4.78, 5) is 12.0. The minimum atomic E-state index is -0.279. The SMILES string of the molecule is CCc1cn2c3c(cc(C(=O)OC)cc13)N(C)SC(C)C2. The van der Waals surface area contributed by atoms with Crippen LogP contribution in [0.5, 0.6) is 0 Å². The molecule has 1 aromatic carbocycles. The highest BCUT2D eigenvalue weighted by atomic mass is 32.2. The van der Waals surface area contributed by atoms with E-state index in [0.29, 0.717) is 10.8 Å². The Morgan fingerprint density at radius 2 is 2.24 bits per heavy atom. The van der Waals surface area contributed by atoms with E-state index < -0.39 is 0 Å². The predicted octanol–water partition coefficient (Wildman–Crippen LogP) is 3.48. The van der Waals surface area contributed by atoms with Crippen LogP contribution in [0.25, 0.3) is 10.9 Å². The molecule has 1 aromatic heterocycles. The number of hydrogen-bond donors (Lipinski definition) is 0. The van der Waals surface area contributed by atoms with Gasteiger partial charge in [0.1, 0.15) is 0 Å². The zero-order valence-corrected chi connectivity index (χ0v) is 13.7. The van der Waals surface area contributed by atoms with Crippen LogP contribution in [-0.2, 0) is 17.7 Å². The summed E-state index contributed by atoms with van der Waals surface area (Å²) in [5, 5.41) is 1.65. The van der Waals surface area contributed by atoms with Gasteiger partial charge in [0.05, 0.1) is 23.9 Å². The van der Waals surface area contributed by atoms with Crippen molar-refractivity contribution in [2.45, 2.75) is 32.1 Å². The van der Waals surface area contributed by atoms with E-state index in [9.17, 15) is 4.79 Å². The van der Waals surface area contributed by atoms with Crippen molar-refractivity contribution >= 4 is 34.5 Å².